The van der Waals surface area contributed by atoms with Gasteiger partial charge in [0.15, 0.2) is 0 Å². The van der Waals surface area contributed by atoms with Crippen molar-refractivity contribution in [2.75, 3.05) is 33.0 Å². The average molecular weight is 236 g/mol. The van der Waals surface area contributed by atoms with Crippen molar-refractivity contribution in [1.29, 1.82) is 0 Å². The number of rotatable bonds is 6. The molecule has 0 aromatic heterocycles. The Morgan fingerprint density at radius 1 is 1.35 bits per heavy atom. The first-order valence-corrected chi connectivity index (χ1v) is 5.71. The summed E-state index contributed by atoms with van der Waals surface area (Å²) >= 11 is 0. The van der Waals surface area contributed by atoms with E-state index in [9.17, 15) is 4.79 Å². The minimum atomic E-state index is 0.117. The van der Waals surface area contributed by atoms with Gasteiger partial charge < -0.3 is 15.4 Å². The minimum absolute atomic E-state index is 0.117. The Kier molecular flexibility index (Phi) is 5.49. The number of ether oxygens (including phenoxy) is 1. The summed E-state index contributed by atoms with van der Waals surface area (Å²) in [5.74, 6) is 0.117. The number of methoxy groups -OCH3 is 1. The van der Waals surface area contributed by atoms with Crippen molar-refractivity contribution in [3.05, 3.63) is 29.8 Å². The molecule has 0 bridgehead atoms. The summed E-state index contributed by atoms with van der Waals surface area (Å²) in [6.45, 7) is 1.40. The predicted octanol–water partition coefficient (Wildman–Crippen LogP) is 1.31. The summed E-state index contributed by atoms with van der Waals surface area (Å²) in [7, 11) is 3.48. The molecule has 0 aliphatic carbocycles. The maximum absolute atomic E-state index is 11.8. The standard InChI is InChI=1S/C13H20N2O2/c1-15(8-3-9-17-2)13(16)10-11-4-6-12(14)7-5-11/h4-7H,3,8-10,14H2,1-2H3. The monoisotopic (exact) mass is 236 g/mol. The Morgan fingerprint density at radius 2 is 2.00 bits per heavy atom. The van der Waals surface area contributed by atoms with Crippen molar-refractivity contribution in [1.82, 2.24) is 4.90 Å². The molecule has 0 radical (unpaired) electrons. The molecule has 1 aromatic carbocycles. The van der Waals surface area contributed by atoms with Gasteiger partial charge in [-0.1, -0.05) is 12.1 Å². The van der Waals surface area contributed by atoms with Crippen LogP contribution in [-0.2, 0) is 16.0 Å². The molecule has 0 heterocycles. The number of nitrogens with zero attached hydrogens (tertiary/aromatic N) is 1. The minimum Gasteiger partial charge on any atom is -0.399 e. The summed E-state index contributed by atoms with van der Waals surface area (Å²) in [4.78, 5) is 13.6. The number of carbonyl (C=O) groups is 1. The van der Waals surface area contributed by atoms with Gasteiger partial charge in [0.25, 0.3) is 0 Å². The van der Waals surface area contributed by atoms with E-state index in [1.165, 1.54) is 0 Å². The lowest BCUT2D eigenvalue weighted by Crippen LogP contribution is -2.29. The summed E-state index contributed by atoms with van der Waals surface area (Å²) in [6.07, 6.45) is 1.28. The topological polar surface area (TPSA) is 55.6 Å². The Hall–Kier alpha value is -1.55. The number of hydrogen-bond acceptors (Lipinski definition) is 3. The second-order valence-corrected chi connectivity index (χ2v) is 4.08. The van der Waals surface area contributed by atoms with Gasteiger partial charge in [0, 0.05) is 33.0 Å². The number of anilines is 1. The van der Waals surface area contributed by atoms with Gasteiger partial charge in [0.1, 0.15) is 0 Å². The first kappa shape index (κ1) is 13.5. The van der Waals surface area contributed by atoms with Crippen LogP contribution in [0.1, 0.15) is 12.0 Å². The molecule has 0 saturated heterocycles. The van der Waals surface area contributed by atoms with Crippen LogP contribution in [0.15, 0.2) is 24.3 Å². The normalized spacial score (nSPS) is 10.2. The molecule has 4 nitrogen and oxygen atoms in total. The van der Waals surface area contributed by atoms with E-state index in [2.05, 4.69) is 0 Å². The van der Waals surface area contributed by atoms with E-state index in [-0.39, 0.29) is 5.91 Å². The van der Waals surface area contributed by atoms with Crippen molar-refractivity contribution in [3.63, 3.8) is 0 Å². The fourth-order valence-corrected chi connectivity index (χ4v) is 1.52. The van der Waals surface area contributed by atoms with Crippen molar-refractivity contribution in [2.45, 2.75) is 12.8 Å². The van der Waals surface area contributed by atoms with Crippen LogP contribution in [0.5, 0.6) is 0 Å². The summed E-state index contributed by atoms with van der Waals surface area (Å²) < 4.78 is 4.95. The average Bonchev–Trinajstić information content (AvgIpc) is 2.32. The maximum atomic E-state index is 11.8. The zero-order chi connectivity index (χ0) is 12.7. The molecule has 1 aromatic rings. The zero-order valence-corrected chi connectivity index (χ0v) is 10.5. The fraction of sp³-hybridized carbons (Fsp3) is 0.462. The van der Waals surface area contributed by atoms with Crippen molar-refractivity contribution >= 4 is 11.6 Å². The van der Waals surface area contributed by atoms with Crippen molar-refractivity contribution < 1.29 is 9.53 Å². The van der Waals surface area contributed by atoms with Crippen LogP contribution in [0.3, 0.4) is 0 Å². The number of amides is 1. The van der Waals surface area contributed by atoms with Crippen LogP contribution in [0.25, 0.3) is 0 Å². The zero-order valence-electron chi connectivity index (χ0n) is 10.5. The van der Waals surface area contributed by atoms with Gasteiger partial charge in [-0.05, 0) is 24.1 Å². The van der Waals surface area contributed by atoms with Crippen LogP contribution in [0, 0.1) is 0 Å². The highest BCUT2D eigenvalue weighted by Crippen LogP contribution is 2.07. The van der Waals surface area contributed by atoms with E-state index < -0.39 is 0 Å². The Bertz CT molecular complexity index is 349. The van der Waals surface area contributed by atoms with Crippen LogP contribution in [-0.4, -0.2) is 38.1 Å². The molecule has 2 N–H and O–H groups in total. The first-order valence-electron chi connectivity index (χ1n) is 5.71. The molecule has 0 unspecified atom stereocenters. The number of carbonyl (C=O) groups excluding carboxylic acids is 1. The second kappa shape index (κ2) is 6.91. The van der Waals surface area contributed by atoms with Gasteiger partial charge >= 0.3 is 0 Å². The van der Waals surface area contributed by atoms with Gasteiger partial charge in [-0.15, -0.1) is 0 Å². The summed E-state index contributed by atoms with van der Waals surface area (Å²) in [6, 6.07) is 7.40. The predicted molar refractivity (Wildman–Crippen MR) is 68.7 cm³/mol. The van der Waals surface area contributed by atoms with Crippen LogP contribution >= 0.6 is 0 Å². The maximum Gasteiger partial charge on any atom is 0.226 e. The Labute approximate surface area is 102 Å². The molecular weight excluding hydrogens is 216 g/mol. The summed E-state index contributed by atoms with van der Waals surface area (Å²) in [5.41, 5.74) is 7.30. The van der Waals surface area contributed by atoms with Gasteiger partial charge in [-0.3, -0.25) is 4.79 Å². The molecule has 0 aliphatic rings. The third-order valence-corrected chi connectivity index (χ3v) is 2.60. The molecule has 1 rings (SSSR count). The van der Waals surface area contributed by atoms with E-state index in [1.807, 2.05) is 31.3 Å². The van der Waals surface area contributed by atoms with Crippen LogP contribution < -0.4 is 5.73 Å². The van der Waals surface area contributed by atoms with Crippen molar-refractivity contribution in [3.8, 4) is 0 Å². The molecule has 0 fully saturated rings. The highest BCUT2D eigenvalue weighted by Gasteiger charge is 2.08. The number of benzene rings is 1. The van der Waals surface area contributed by atoms with Crippen LogP contribution in [0.4, 0.5) is 5.69 Å². The molecule has 1 amide bonds. The number of likely N-dealkylation sites (N-methyl/N-ethyl adjacent to an activating group) is 1. The lowest BCUT2D eigenvalue weighted by Gasteiger charge is -2.16. The van der Waals surface area contributed by atoms with Crippen LogP contribution in [0.2, 0.25) is 0 Å². The number of nitrogens with two attached hydrogens (primary N) is 1. The van der Waals surface area contributed by atoms with E-state index in [0.29, 0.717) is 13.0 Å². The number of hydrogen-bond donors (Lipinski definition) is 1. The van der Waals surface area contributed by atoms with E-state index >= 15 is 0 Å². The molecule has 17 heavy (non-hydrogen) atoms. The Balaban J connectivity index is 2.40. The molecule has 0 atom stereocenters. The van der Waals surface area contributed by atoms with Gasteiger partial charge in [-0.2, -0.15) is 0 Å². The highest BCUT2D eigenvalue weighted by molar-refractivity contribution is 5.78. The second-order valence-electron chi connectivity index (χ2n) is 4.08. The lowest BCUT2D eigenvalue weighted by atomic mass is 10.1. The highest BCUT2D eigenvalue weighted by atomic mass is 16.5. The van der Waals surface area contributed by atoms with Gasteiger partial charge in [0.05, 0.1) is 6.42 Å². The molecule has 0 saturated carbocycles. The Morgan fingerprint density at radius 3 is 2.59 bits per heavy atom. The molecule has 4 heteroatoms. The quantitative estimate of drug-likeness (QED) is 0.598. The van der Waals surface area contributed by atoms with E-state index in [4.69, 9.17) is 10.5 Å². The molecule has 0 aliphatic heterocycles. The van der Waals surface area contributed by atoms with Gasteiger partial charge in [0.2, 0.25) is 5.91 Å². The van der Waals surface area contributed by atoms with E-state index in [0.717, 1.165) is 24.2 Å². The molecule has 94 valence electrons. The summed E-state index contributed by atoms with van der Waals surface area (Å²) in [5, 5.41) is 0. The third-order valence-electron chi connectivity index (χ3n) is 2.60. The van der Waals surface area contributed by atoms with E-state index in [1.54, 1.807) is 12.0 Å². The fourth-order valence-electron chi connectivity index (χ4n) is 1.52. The molecular formula is C13H20N2O2. The first-order chi connectivity index (χ1) is 8.13. The lowest BCUT2D eigenvalue weighted by molar-refractivity contribution is -0.129. The van der Waals surface area contributed by atoms with Gasteiger partial charge in [-0.25, -0.2) is 0 Å². The SMILES string of the molecule is COCCCN(C)C(=O)Cc1ccc(N)cc1. The number of nitrogen functional groups attached to an aromatic ring is 1. The molecule has 0 spiro atoms. The third kappa shape index (κ3) is 4.87. The largest absolute Gasteiger partial charge is 0.399 e. The smallest absolute Gasteiger partial charge is 0.226 e. The van der Waals surface area contributed by atoms with Crippen molar-refractivity contribution in [2.24, 2.45) is 0 Å².